The first-order valence-electron chi connectivity index (χ1n) is 9.96. The Morgan fingerprint density at radius 1 is 1.38 bits per heavy atom. The fourth-order valence-corrected chi connectivity index (χ4v) is 5.55. The van der Waals surface area contributed by atoms with Crippen LogP contribution in [-0.2, 0) is 0 Å². The van der Waals surface area contributed by atoms with Crippen LogP contribution in [0.25, 0.3) is 11.1 Å². The number of H-pyrrole nitrogens is 1. The van der Waals surface area contributed by atoms with Gasteiger partial charge in [-0.2, -0.15) is 5.10 Å². The van der Waals surface area contributed by atoms with Crippen LogP contribution in [0.3, 0.4) is 0 Å². The molecule has 0 radical (unpaired) electrons. The van der Waals surface area contributed by atoms with Crippen LogP contribution in [0.15, 0.2) is 6.07 Å². The lowest BCUT2D eigenvalue weighted by molar-refractivity contribution is 0.229. The summed E-state index contributed by atoms with van der Waals surface area (Å²) in [7, 11) is 0. The topological polar surface area (TPSA) is 71.0 Å². The van der Waals surface area contributed by atoms with Gasteiger partial charge in [0.15, 0.2) is 5.82 Å². The Morgan fingerprint density at radius 3 is 2.76 bits per heavy atom. The van der Waals surface area contributed by atoms with Crippen molar-refractivity contribution in [3.8, 4) is 11.1 Å². The maximum absolute atomic E-state index is 8.11. The van der Waals surface area contributed by atoms with Gasteiger partial charge in [-0.1, -0.05) is 25.4 Å². The molecule has 1 aliphatic heterocycles. The second-order valence-corrected chi connectivity index (χ2v) is 9.84. The van der Waals surface area contributed by atoms with Crippen molar-refractivity contribution in [2.24, 2.45) is 0 Å². The van der Waals surface area contributed by atoms with E-state index in [2.05, 4.69) is 55.9 Å². The van der Waals surface area contributed by atoms with Crippen LogP contribution in [0.4, 0.5) is 11.5 Å². The van der Waals surface area contributed by atoms with Gasteiger partial charge in [-0.3, -0.25) is 10.00 Å². The number of halogens is 2. The Hall–Kier alpha value is -0.890. The molecule has 158 valence electrons. The SMILES string of the molecule is CCC1CN(CC)CCN1c1n[nH]c(C)c1-c1c(Cl)c(C)cc(NPI)c1C=N. The molecule has 0 spiro atoms. The van der Waals surface area contributed by atoms with Gasteiger partial charge >= 0.3 is 0 Å². The number of hydrogen-bond donors (Lipinski definition) is 3. The lowest BCUT2D eigenvalue weighted by Gasteiger charge is -2.41. The second kappa shape index (κ2) is 9.94. The van der Waals surface area contributed by atoms with E-state index in [0.717, 1.165) is 72.1 Å². The van der Waals surface area contributed by atoms with Crippen LogP contribution in [0, 0.1) is 19.3 Å². The monoisotopic (exact) mass is 546 g/mol. The standard InChI is InChI=1S/C20H29ClIN6P/c1-5-14-11-27(6-2)7-8-28(14)20-17(13(4)24-25-20)18-15(10-23)16(26-29-22)9-12(3)19(18)21/h9-10,14,23,26,29H,5-8,11H2,1-4H3,(H,24,25). The first kappa shape index (κ1) is 22.8. The Balaban J connectivity index is 2.17. The summed E-state index contributed by atoms with van der Waals surface area (Å²) in [5, 5.41) is 20.1. The summed E-state index contributed by atoms with van der Waals surface area (Å²) in [6.07, 6.45) is 2.98. The lowest BCUT2D eigenvalue weighted by atomic mass is 9.95. The molecule has 1 fully saturated rings. The predicted molar refractivity (Wildman–Crippen MR) is 136 cm³/mol. The third-order valence-corrected chi connectivity index (χ3v) is 7.41. The number of aromatic amines is 1. The van der Waals surface area contributed by atoms with E-state index in [4.69, 9.17) is 22.1 Å². The molecule has 3 rings (SSSR count). The van der Waals surface area contributed by atoms with Crippen molar-refractivity contribution in [3.63, 3.8) is 0 Å². The van der Waals surface area contributed by atoms with Crippen LogP contribution < -0.4 is 9.99 Å². The maximum atomic E-state index is 8.11. The highest BCUT2D eigenvalue weighted by Crippen LogP contribution is 2.44. The number of piperazine rings is 1. The third-order valence-electron chi connectivity index (χ3n) is 5.75. The number of nitrogens with zero attached hydrogens (tertiary/aromatic N) is 3. The minimum atomic E-state index is 0.408. The van der Waals surface area contributed by atoms with E-state index in [1.165, 1.54) is 6.21 Å². The van der Waals surface area contributed by atoms with E-state index in [1.807, 2.05) is 19.9 Å². The van der Waals surface area contributed by atoms with Gasteiger partial charge in [0, 0.05) is 66.3 Å². The lowest BCUT2D eigenvalue weighted by Crippen LogP contribution is -2.53. The summed E-state index contributed by atoms with van der Waals surface area (Å²) >= 11 is 9.15. The molecule has 0 aliphatic carbocycles. The molecule has 1 aromatic carbocycles. The fourth-order valence-electron chi connectivity index (χ4n) is 4.11. The number of hydrogen-bond acceptors (Lipinski definition) is 5. The maximum Gasteiger partial charge on any atom is 0.158 e. The molecule has 0 saturated carbocycles. The molecule has 2 unspecified atom stereocenters. The highest BCUT2D eigenvalue weighted by molar-refractivity contribution is 14.2. The van der Waals surface area contributed by atoms with Crippen molar-refractivity contribution in [2.45, 2.75) is 40.2 Å². The van der Waals surface area contributed by atoms with Crippen LogP contribution >= 0.6 is 40.0 Å². The highest BCUT2D eigenvalue weighted by Gasteiger charge is 2.31. The quantitative estimate of drug-likeness (QED) is 0.239. The van der Waals surface area contributed by atoms with E-state index in [1.54, 1.807) is 0 Å². The van der Waals surface area contributed by atoms with Crippen molar-refractivity contribution in [2.75, 3.05) is 36.2 Å². The summed E-state index contributed by atoms with van der Waals surface area (Å²) in [4.78, 5) is 4.92. The van der Waals surface area contributed by atoms with Gasteiger partial charge in [0.2, 0.25) is 0 Å². The summed E-state index contributed by atoms with van der Waals surface area (Å²) in [6, 6.07) is 2.44. The van der Waals surface area contributed by atoms with Gasteiger partial charge in [0.1, 0.15) is 0 Å². The number of anilines is 2. The number of rotatable bonds is 7. The molecule has 0 amide bonds. The molecule has 9 heteroatoms. The summed E-state index contributed by atoms with van der Waals surface area (Å²) in [5.41, 5.74) is 5.65. The third kappa shape index (κ3) is 4.43. The first-order valence-corrected chi connectivity index (χ1v) is 14.4. The van der Waals surface area contributed by atoms with Gasteiger partial charge in [-0.05, 0) is 60.5 Å². The Kier molecular flexibility index (Phi) is 7.81. The number of likely N-dealkylation sites (N-methyl/N-ethyl adjacent to an activating group) is 1. The smallest absolute Gasteiger partial charge is 0.158 e. The normalized spacial score (nSPS) is 18.0. The molecular formula is C20H29ClIN6P. The number of aromatic nitrogens is 2. The molecular weight excluding hydrogens is 518 g/mol. The molecule has 1 aromatic heterocycles. The van der Waals surface area contributed by atoms with E-state index < -0.39 is 0 Å². The van der Waals surface area contributed by atoms with Crippen molar-refractivity contribution < 1.29 is 0 Å². The summed E-state index contributed by atoms with van der Waals surface area (Å²) < 4.78 is 0. The zero-order valence-electron chi connectivity index (χ0n) is 17.4. The molecule has 0 bridgehead atoms. The fraction of sp³-hybridized carbons (Fsp3) is 0.500. The zero-order chi connectivity index (χ0) is 21.1. The zero-order valence-corrected chi connectivity index (χ0v) is 21.3. The highest BCUT2D eigenvalue weighted by atomic mass is 127. The second-order valence-electron chi connectivity index (χ2n) is 7.40. The number of nitrogens with one attached hydrogen (secondary N) is 3. The molecule has 1 saturated heterocycles. The number of benzene rings is 1. The van der Waals surface area contributed by atoms with Gasteiger partial charge < -0.3 is 15.4 Å². The van der Waals surface area contributed by atoms with E-state index >= 15 is 0 Å². The van der Waals surface area contributed by atoms with Crippen LogP contribution in [0.5, 0.6) is 0 Å². The molecule has 6 nitrogen and oxygen atoms in total. The van der Waals surface area contributed by atoms with Crippen molar-refractivity contribution in [1.29, 1.82) is 5.41 Å². The van der Waals surface area contributed by atoms with Crippen LogP contribution in [-0.4, -0.2) is 53.5 Å². The Bertz CT molecular complexity index is 886. The van der Waals surface area contributed by atoms with Crippen molar-refractivity contribution in [3.05, 3.63) is 27.9 Å². The van der Waals surface area contributed by atoms with Gasteiger partial charge in [0.25, 0.3) is 0 Å². The Morgan fingerprint density at radius 2 is 2.14 bits per heavy atom. The van der Waals surface area contributed by atoms with Crippen LogP contribution in [0.2, 0.25) is 5.02 Å². The van der Waals surface area contributed by atoms with Crippen molar-refractivity contribution >= 4 is 57.7 Å². The summed E-state index contributed by atoms with van der Waals surface area (Å²) in [6.45, 7) is 12.6. The molecule has 3 N–H and O–H groups in total. The van der Waals surface area contributed by atoms with Crippen LogP contribution in [0.1, 0.15) is 37.1 Å². The van der Waals surface area contributed by atoms with Crippen molar-refractivity contribution in [1.82, 2.24) is 15.1 Å². The van der Waals surface area contributed by atoms with Gasteiger partial charge in [-0.15, -0.1) is 0 Å². The van der Waals surface area contributed by atoms with E-state index in [0.29, 0.717) is 17.4 Å². The molecule has 2 aromatic rings. The minimum Gasteiger partial charge on any atom is -0.358 e. The van der Waals surface area contributed by atoms with Gasteiger partial charge in [0.05, 0.1) is 5.02 Å². The molecule has 1 aliphatic rings. The average Bonchev–Trinajstić information content (AvgIpc) is 3.10. The Labute approximate surface area is 193 Å². The largest absolute Gasteiger partial charge is 0.358 e. The van der Waals surface area contributed by atoms with E-state index in [9.17, 15) is 0 Å². The molecule has 29 heavy (non-hydrogen) atoms. The molecule has 2 heterocycles. The first-order chi connectivity index (χ1) is 14.0. The molecule has 2 atom stereocenters. The summed E-state index contributed by atoms with van der Waals surface area (Å²) in [5.74, 6) is 0.948. The predicted octanol–water partition coefficient (Wildman–Crippen LogP) is 5.62. The number of aryl methyl sites for hydroxylation is 2. The minimum absolute atomic E-state index is 0.408. The van der Waals surface area contributed by atoms with Gasteiger partial charge in [-0.25, -0.2) is 0 Å². The average molecular weight is 547 g/mol. The van der Waals surface area contributed by atoms with E-state index in [-0.39, 0.29) is 0 Å².